The number of ether oxygens (including phenoxy) is 1. The minimum atomic E-state index is -0.177. The quantitative estimate of drug-likeness (QED) is 0.395. The van der Waals surface area contributed by atoms with Crippen molar-refractivity contribution < 1.29 is 9.53 Å². The van der Waals surface area contributed by atoms with Gasteiger partial charge < -0.3 is 20.3 Å². The Morgan fingerprint density at radius 2 is 1.86 bits per heavy atom. The molecule has 0 saturated carbocycles. The van der Waals surface area contributed by atoms with Gasteiger partial charge in [0.2, 0.25) is 11.9 Å². The van der Waals surface area contributed by atoms with E-state index in [1.54, 1.807) is 25.4 Å². The van der Waals surface area contributed by atoms with E-state index < -0.39 is 0 Å². The zero-order chi connectivity index (χ0) is 24.0. The molecule has 4 aromatic rings. The summed E-state index contributed by atoms with van der Waals surface area (Å²) < 4.78 is 5.44. The van der Waals surface area contributed by atoms with Gasteiger partial charge in [0.25, 0.3) is 0 Å². The average molecular weight is 467 g/mol. The van der Waals surface area contributed by atoms with E-state index >= 15 is 0 Å². The molecule has 1 saturated heterocycles. The van der Waals surface area contributed by atoms with Crippen LogP contribution in [0.3, 0.4) is 0 Å². The van der Waals surface area contributed by atoms with Crippen molar-refractivity contribution in [3.63, 3.8) is 0 Å². The molecule has 1 amide bonds. The van der Waals surface area contributed by atoms with Crippen molar-refractivity contribution in [2.45, 2.75) is 6.92 Å². The summed E-state index contributed by atoms with van der Waals surface area (Å²) in [6.45, 7) is 5.12. The van der Waals surface area contributed by atoms with E-state index in [1.165, 1.54) is 11.8 Å². The van der Waals surface area contributed by atoms with Gasteiger partial charge in [-0.1, -0.05) is 18.2 Å². The smallest absolute Gasteiger partial charge is 0.248 e. The van der Waals surface area contributed by atoms with Crippen LogP contribution in [-0.2, 0) is 9.53 Å². The number of allylic oxidation sites excluding steroid dienone is 1. The Hall–Kier alpha value is -4.30. The molecular weight excluding hydrogens is 440 g/mol. The summed E-state index contributed by atoms with van der Waals surface area (Å²) in [7, 11) is 0. The number of aromatic nitrogens is 3. The molecule has 2 N–H and O–H groups in total. The number of morpholine rings is 1. The molecule has 0 radical (unpaired) electrons. The molecular formula is C27H26N6O2. The van der Waals surface area contributed by atoms with Crippen LogP contribution in [0.1, 0.15) is 6.92 Å². The van der Waals surface area contributed by atoms with Crippen LogP contribution in [0.4, 0.5) is 23.0 Å². The van der Waals surface area contributed by atoms with Crippen LogP contribution in [0.15, 0.2) is 79.1 Å². The monoisotopic (exact) mass is 466 g/mol. The molecule has 0 spiro atoms. The maximum atomic E-state index is 12.0. The normalized spacial score (nSPS) is 13.8. The molecule has 0 unspecified atom stereocenters. The van der Waals surface area contributed by atoms with E-state index in [0.29, 0.717) is 11.6 Å². The number of fused-ring (bicyclic) bond motifs is 1. The van der Waals surface area contributed by atoms with Crippen LogP contribution in [0, 0.1) is 0 Å². The van der Waals surface area contributed by atoms with Gasteiger partial charge in [-0.2, -0.15) is 0 Å². The number of carbonyl (C=O) groups excluding carboxylic acids is 1. The minimum Gasteiger partial charge on any atom is -0.378 e. The van der Waals surface area contributed by atoms with Gasteiger partial charge in [-0.25, -0.2) is 9.97 Å². The van der Waals surface area contributed by atoms with E-state index in [2.05, 4.69) is 37.6 Å². The van der Waals surface area contributed by atoms with Crippen LogP contribution in [0.2, 0.25) is 0 Å². The van der Waals surface area contributed by atoms with Crippen molar-refractivity contribution in [1.82, 2.24) is 15.0 Å². The van der Waals surface area contributed by atoms with Crippen molar-refractivity contribution in [3.8, 4) is 11.3 Å². The first kappa shape index (κ1) is 22.5. The fourth-order valence-corrected chi connectivity index (χ4v) is 4.01. The molecule has 0 bridgehead atoms. The molecule has 1 aliphatic heterocycles. The molecule has 0 atom stereocenters. The molecule has 1 fully saturated rings. The molecule has 0 aliphatic carbocycles. The highest BCUT2D eigenvalue weighted by atomic mass is 16.5. The van der Waals surface area contributed by atoms with Crippen molar-refractivity contribution in [3.05, 3.63) is 79.1 Å². The zero-order valence-corrected chi connectivity index (χ0v) is 19.4. The predicted molar refractivity (Wildman–Crippen MR) is 139 cm³/mol. The van der Waals surface area contributed by atoms with Crippen molar-refractivity contribution in [2.75, 3.05) is 41.8 Å². The number of nitrogens with one attached hydrogen (secondary N) is 2. The molecule has 8 nitrogen and oxygen atoms in total. The van der Waals surface area contributed by atoms with Crippen LogP contribution >= 0.6 is 0 Å². The lowest BCUT2D eigenvalue weighted by Crippen LogP contribution is -2.36. The average Bonchev–Trinajstić information content (AvgIpc) is 2.89. The SMILES string of the molecule is C/C=C\C(=O)Nc1cccc(-c2nccc3cnc(Nc4ccc(N5CCOCC5)cc4)nc23)c1. The Balaban J connectivity index is 1.40. The number of pyridine rings is 1. The Kier molecular flexibility index (Phi) is 6.63. The number of hydrogen-bond donors (Lipinski definition) is 2. The first-order valence-electron chi connectivity index (χ1n) is 11.6. The first-order valence-corrected chi connectivity index (χ1v) is 11.6. The lowest BCUT2D eigenvalue weighted by molar-refractivity contribution is -0.111. The number of hydrogen-bond acceptors (Lipinski definition) is 7. The Bertz CT molecular complexity index is 1360. The summed E-state index contributed by atoms with van der Waals surface area (Å²) in [6, 6.07) is 17.7. The topological polar surface area (TPSA) is 92.3 Å². The lowest BCUT2D eigenvalue weighted by Gasteiger charge is -2.28. The number of amides is 1. The van der Waals surface area contributed by atoms with Gasteiger partial charge in [0.15, 0.2) is 0 Å². The van der Waals surface area contributed by atoms with Crippen LogP contribution in [0.25, 0.3) is 22.2 Å². The molecule has 176 valence electrons. The molecule has 2 aromatic heterocycles. The molecule has 2 aromatic carbocycles. The summed E-state index contributed by atoms with van der Waals surface area (Å²) >= 11 is 0. The first-order chi connectivity index (χ1) is 17.2. The zero-order valence-electron chi connectivity index (χ0n) is 19.4. The van der Waals surface area contributed by atoms with Gasteiger partial charge >= 0.3 is 0 Å². The third kappa shape index (κ3) is 5.28. The highest BCUT2D eigenvalue weighted by Gasteiger charge is 2.12. The number of rotatable bonds is 6. The van der Waals surface area contributed by atoms with Crippen LogP contribution < -0.4 is 15.5 Å². The Labute approximate surface area is 203 Å². The Morgan fingerprint density at radius 3 is 2.66 bits per heavy atom. The maximum Gasteiger partial charge on any atom is 0.248 e. The second-order valence-electron chi connectivity index (χ2n) is 8.13. The third-order valence-electron chi connectivity index (χ3n) is 5.72. The maximum absolute atomic E-state index is 12.0. The van der Waals surface area contributed by atoms with Crippen molar-refractivity contribution in [1.29, 1.82) is 0 Å². The molecule has 5 rings (SSSR count). The summed E-state index contributed by atoms with van der Waals surface area (Å²) in [5, 5.41) is 7.04. The summed E-state index contributed by atoms with van der Waals surface area (Å²) in [4.78, 5) is 28.1. The van der Waals surface area contributed by atoms with Gasteiger partial charge in [-0.05, 0) is 55.5 Å². The Morgan fingerprint density at radius 1 is 1.03 bits per heavy atom. The van der Waals surface area contributed by atoms with E-state index in [9.17, 15) is 4.79 Å². The fraction of sp³-hybridized carbons (Fsp3) is 0.185. The van der Waals surface area contributed by atoms with E-state index in [-0.39, 0.29) is 5.91 Å². The van der Waals surface area contributed by atoms with E-state index in [4.69, 9.17) is 9.72 Å². The van der Waals surface area contributed by atoms with Crippen LogP contribution in [0.5, 0.6) is 0 Å². The number of nitrogens with zero attached hydrogens (tertiary/aromatic N) is 4. The fourth-order valence-electron chi connectivity index (χ4n) is 4.01. The molecule has 1 aliphatic rings. The van der Waals surface area contributed by atoms with Gasteiger partial charge in [0, 0.05) is 53.5 Å². The number of benzene rings is 2. The van der Waals surface area contributed by atoms with E-state index in [1.807, 2.05) is 42.5 Å². The van der Waals surface area contributed by atoms with Gasteiger partial charge in [-0.15, -0.1) is 0 Å². The second-order valence-corrected chi connectivity index (χ2v) is 8.13. The standard InChI is InChI=1S/C27H26N6O2/c1-2-4-24(34)30-22-6-3-5-19(17-22)25-26-20(11-12-28-25)18-29-27(32-26)31-21-7-9-23(10-8-21)33-13-15-35-16-14-33/h2-12,17-18H,13-16H2,1H3,(H,30,34)(H,29,31,32)/b4-2-. The number of anilines is 4. The summed E-state index contributed by atoms with van der Waals surface area (Å²) in [6.07, 6.45) is 6.72. The van der Waals surface area contributed by atoms with Crippen molar-refractivity contribution >= 4 is 39.8 Å². The molecule has 35 heavy (non-hydrogen) atoms. The lowest BCUT2D eigenvalue weighted by atomic mass is 10.1. The largest absolute Gasteiger partial charge is 0.378 e. The highest BCUT2D eigenvalue weighted by Crippen LogP contribution is 2.28. The van der Waals surface area contributed by atoms with Gasteiger partial charge in [-0.3, -0.25) is 9.78 Å². The highest BCUT2D eigenvalue weighted by molar-refractivity contribution is 6.00. The number of carbonyl (C=O) groups is 1. The van der Waals surface area contributed by atoms with E-state index in [0.717, 1.165) is 54.2 Å². The van der Waals surface area contributed by atoms with Gasteiger partial charge in [0.1, 0.15) is 5.52 Å². The predicted octanol–water partition coefficient (Wildman–Crippen LogP) is 4.79. The molecule has 8 heteroatoms. The third-order valence-corrected chi connectivity index (χ3v) is 5.72. The summed E-state index contributed by atoms with van der Waals surface area (Å²) in [5.41, 5.74) is 5.07. The summed E-state index contributed by atoms with van der Waals surface area (Å²) in [5.74, 6) is 0.312. The minimum absolute atomic E-state index is 0.177. The van der Waals surface area contributed by atoms with Crippen LogP contribution in [-0.4, -0.2) is 47.2 Å². The molecule has 3 heterocycles. The second kappa shape index (κ2) is 10.3. The van der Waals surface area contributed by atoms with Crippen molar-refractivity contribution in [2.24, 2.45) is 0 Å². The van der Waals surface area contributed by atoms with Gasteiger partial charge in [0.05, 0.1) is 18.9 Å².